The minimum Gasteiger partial charge on any atom is -0.462 e. The molecule has 0 saturated heterocycles. The number of anilines is 1. The molecule has 0 radical (unpaired) electrons. The van der Waals surface area contributed by atoms with Gasteiger partial charge in [0.05, 0.1) is 17.2 Å². The van der Waals surface area contributed by atoms with Gasteiger partial charge in [0, 0.05) is 6.04 Å². The van der Waals surface area contributed by atoms with Crippen LogP contribution < -0.4 is 11.1 Å². The molecule has 1 fully saturated rings. The highest BCUT2D eigenvalue weighted by atomic mass is 32.1. The predicted molar refractivity (Wildman–Crippen MR) is 79.2 cm³/mol. The molecule has 3 N–H and O–H groups in total. The number of ether oxygens (including phenoxy) is 1. The molecule has 1 aromatic heterocycles. The zero-order valence-corrected chi connectivity index (χ0v) is 12.6. The number of nitrogens with one attached hydrogen (secondary N) is 1. The van der Waals surface area contributed by atoms with Crippen molar-refractivity contribution in [3.8, 4) is 0 Å². The van der Waals surface area contributed by atoms with Gasteiger partial charge in [-0.3, -0.25) is 4.79 Å². The molecule has 5 nitrogen and oxygen atoms in total. The lowest BCUT2D eigenvalue weighted by atomic mass is 10.0. The van der Waals surface area contributed by atoms with Gasteiger partial charge in [0.1, 0.15) is 4.88 Å². The molecular weight excluding hydrogens is 276 g/mol. The van der Waals surface area contributed by atoms with E-state index in [9.17, 15) is 9.59 Å². The van der Waals surface area contributed by atoms with Gasteiger partial charge in [-0.2, -0.15) is 0 Å². The Kier molecular flexibility index (Phi) is 4.65. The van der Waals surface area contributed by atoms with Gasteiger partial charge in [0.2, 0.25) is 0 Å². The number of nitrogen functional groups attached to an aromatic ring is 1. The molecule has 6 heteroatoms. The van der Waals surface area contributed by atoms with Crippen LogP contribution in [-0.2, 0) is 11.2 Å². The number of hydrogen-bond donors (Lipinski definition) is 2. The first-order chi connectivity index (χ1) is 9.58. The summed E-state index contributed by atoms with van der Waals surface area (Å²) < 4.78 is 5.04. The summed E-state index contributed by atoms with van der Waals surface area (Å²) in [7, 11) is 0. The van der Waals surface area contributed by atoms with Crippen molar-refractivity contribution in [1.82, 2.24) is 5.32 Å². The van der Waals surface area contributed by atoms with E-state index in [2.05, 4.69) is 5.32 Å². The fourth-order valence-corrected chi connectivity index (χ4v) is 3.08. The van der Waals surface area contributed by atoms with Crippen molar-refractivity contribution in [3.05, 3.63) is 16.0 Å². The first-order valence-corrected chi connectivity index (χ1v) is 7.79. The number of carbonyl (C=O) groups excluding carboxylic acids is 2. The van der Waals surface area contributed by atoms with E-state index in [0.717, 1.165) is 36.2 Å². The maximum atomic E-state index is 12.3. The van der Waals surface area contributed by atoms with E-state index in [1.807, 2.05) is 6.92 Å². The zero-order valence-electron chi connectivity index (χ0n) is 11.8. The lowest BCUT2D eigenvalue weighted by Gasteiger charge is -2.07. The van der Waals surface area contributed by atoms with E-state index in [1.54, 1.807) is 6.92 Å². The summed E-state index contributed by atoms with van der Waals surface area (Å²) in [6, 6.07) is 0.266. The van der Waals surface area contributed by atoms with Gasteiger partial charge in [0.15, 0.2) is 0 Å². The molecular formula is C14H20N2O3S. The SMILES string of the molecule is CCCc1c(C(=O)OCC)sc(N)c1C(=O)NC1CC1. The van der Waals surface area contributed by atoms with E-state index in [1.165, 1.54) is 0 Å². The monoisotopic (exact) mass is 296 g/mol. The molecule has 110 valence electrons. The fraction of sp³-hybridized carbons (Fsp3) is 0.571. The van der Waals surface area contributed by atoms with Crippen molar-refractivity contribution in [1.29, 1.82) is 0 Å². The van der Waals surface area contributed by atoms with Crippen molar-refractivity contribution in [2.45, 2.75) is 45.6 Å². The second-order valence-corrected chi connectivity index (χ2v) is 5.92. The van der Waals surface area contributed by atoms with Crippen molar-refractivity contribution in [2.24, 2.45) is 0 Å². The van der Waals surface area contributed by atoms with Crippen LogP contribution in [-0.4, -0.2) is 24.5 Å². The summed E-state index contributed by atoms with van der Waals surface area (Å²) in [6.45, 7) is 4.08. The van der Waals surface area contributed by atoms with Gasteiger partial charge >= 0.3 is 5.97 Å². The third kappa shape index (κ3) is 3.12. The van der Waals surface area contributed by atoms with Crippen molar-refractivity contribution in [3.63, 3.8) is 0 Å². The maximum absolute atomic E-state index is 12.3. The number of hydrogen-bond acceptors (Lipinski definition) is 5. The molecule has 1 aliphatic carbocycles. The lowest BCUT2D eigenvalue weighted by Crippen LogP contribution is -2.26. The molecule has 1 saturated carbocycles. The van der Waals surface area contributed by atoms with Crippen LogP contribution in [0.5, 0.6) is 0 Å². The van der Waals surface area contributed by atoms with Gasteiger partial charge in [0.25, 0.3) is 5.91 Å². The molecule has 0 atom stereocenters. The predicted octanol–water partition coefficient (Wildman–Crippen LogP) is 2.35. The van der Waals surface area contributed by atoms with E-state index < -0.39 is 5.97 Å². The average molecular weight is 296 g/mol. The van der Waals surface area contributed by atoms with Gasteiger partial charge in [-0.15, -0.1) is 11.3 Å². The molecule has 1 heterocycles. The standard InChI is InChI=1S/C14H20N2O3S/c1-3-5-9-10(13(17)16-8-6-7-8)12(15)20-11(9)14(18)19-4-2/h8H,3-7,15H2,1-2H3,(H,16,17). The number of nitrogens with two attached hydrogens (primary N) is 1. The fourth-order valence-electron chi connectivity index (χ4n) is 2.07. The highest BCUT2D eigenvalue weighted by Gasteiger charge is 2.29. The lowest BCUT2D eigenvalue weighted by molar-refractivity contribution is 0.0531. The Morgan fingerprint density at radius 3 is 2.65 bits per heavy atom. The Balaban J connectivity index is 2.33. The van der Waals surface area contributed by atoms with Gasteiger partial charge in [-0.25, -0.2) is 4.79 Å². The van der Waals surface area contributed by atoms with Crippen LogP contribution in [0.1, 0.15) is 58.7 Å². The van der Waals surface area contributed by atoms with Crippen LogP contribution in [0.3, 0.4) is 0 Å². The number of amides is 1. The molecule has 0 bridgehead atoms. The van der Waals surface area contributed by atoms with Gasteiger partial charge in [-0.1, -0.05) is 13.3 Å². The van der Waals surface area contributed by atoms with E-state index in [4.69, 9.17) is 10.5 Å². The van der Waals surface area contributed by atoms with Crippen LogP contribution >= 0.6 is 11.3 Å². The second kappa shape index (κ2) is 6.26. The van der Waals surface area contributed by atoms with E-state index in [-0.39, 0.29) is 11.9 Å². The topological polar surface area (TPSA) is 81.4 Å². The van der Waals surface area contributed by atoms with Gasteiger partial charge < -0.3 is 15.8 Å². The Morgan fingerprint density at radius 1 is 1.40 bits per heavy atom. The summed E-state index contributed by atoms with van der Waals surface area (Å²) in [4.78, 5) is 24.7. The molecule has 0 aliphatic heterocycles. The third-order valence-corrected chi connectivity index (χ3v) is 4.18. The summed E-state index contributed by atoms with van der Waals surface area (Å²) >= 11 is 1.15. The Hall–Kier alpha value is -1.56. The Morgan fingerprint density at radius 2 is 2.10 bits per heavy atom. The smallest absolute Gasteiger partial charge is 0.348 e. The van der Waals surface area contributed by atoms with E-state index >= 15 is 0 Å². The molecule has 0 spiro atoms. The quantitative estimate of drug-likeness (QED) is 0.790. The molecule has 2 rings (SSSR count). The zero-order chi connectivity index (χ0) is 14.7. The highest BCUT2D eigenvalue weighted by molar-refractivity contribution is 7.18. The summed E-state index contributed by atoms with van der Waals surface area (Å²) in [5.74, 6) is -0.557. The van der Waals surface area contributed by atoms with Crippen molar-refractivity contribution < 1.29 is 14.3 Å². The first-order valence-electron chi connectivity index (χ1n) is 6.97. The van der Waals surface area contributed by atoms with Crippen LogP contribution in [0.2, 0.25) is 0 Å². The minimum atomic E-state index is -0.391. The molecule has 20 heavy (non-hydrogen) atoms. The molecule has 1 amide bonds. The van der Waals surface area contributed by atoms with Crippen molar-refractivity contribution in [2.75, 3.05) is 12.3 Å². The Labute approximate surface area is 122 Å². The third-order valence-electron chi connectivity index (χ3n) is 3.13. The molecule has 0 aromatic carbocycles. The molecule has 0 unspecified atom stereocenters. The largest absolute Gasteiger partial charge is 0.462 e. The van der Waals surface area contributed by atoms with Crippen LogP contribution in [0.25, 0.3) is 0 Å². The number of esters is 1. The van der Waals surface area contributed by atoms with Gasteiger partial charge in [-0.05, 0) is 31.7 Å². The highest BCUT2D eigenvalue weighted by Crippen LogP contribution is 2.33. The Bertz CT molecular complexity index is 521. The summed E-state index contributed by atoms with van der Waals surface area (Å²) in [5.41, 5.74) is 7.15. The van der Waals surface area contributed by atoms with Crippen LogP contribution in [0.4, 0.5) is 5.00 Å². The first kappa shape index (κ1) is 14.8. The normalized spacial score (nSPS) is 14.1. The maximum Gasteiger partial charge on any atom is 0.348 e. The summed E-state index contributed by atoms with van der Waals surface area (Å²) in [6.07, 6.45) is 3.52. The van der Waals surface area contributed by atoms with E-state index in [0.29, 0.717) is 28.5 Å². The average Bonchev–Trinajstić information content (AvgIpc) is 3.13. The van der Waals surface area contributed by atoms with Crippen LogP contribution in [0, 0.1) is 0 Å². The molecule has 1 aliphatic rings. The second-order valence-electron chi connectivity index (χ2n) is 4.87. The summed E-state index contributed by atoms with van der Waals surface area (Å²) in [5, 5.41) is 3.33. The number of thiophene rings is 1. The molecule has 1 aromatic rings. The number of rotatable bonds is 6. The number of carbonyl (C=O) groups is 2. The van der Waals surface area contributed by atoms with Crippen LogP contribution in [0.15, 0.2) is 0 Å². The van der Waals surface area contributed by atoms with Crippen molar-refractivity contribution >= 4 is 28.2 Å². The minimum absolute atomic E-state index is 0.166.